The molecule has 2 aromatic heterocycles. The van der Waals surface area contributed by atoms with Gasteiger partial charge in [-0.15, -0.1) is 0 Å². The van der Waals surface area contributed by atoms with Crippen molar-refractivity contribution >= 4 is 27.2 Å². The summed E-state index contributed by atoms with van der Waals surface area (Å²) in [4.78, 5) is 12.6. The van der Waals surface area contributed by atoms with E-state index in [1.165, 1.54) is 18.5 Å². The number of ether oxygens (including phenoxy) is 1. The van der Waals surface area contributed by atoms with Gasteiger partial charge in [0.25, 0.3) is 10.0 Å². The molecule has 0 spiro atoms. The summed E-state index contributed by atoms with van der Waals surface area (Å²) in [6.07, 6.45) is 6.56. The number of hydrogen-bond acceptors (Lipinski definition) is 7. The summed E-state index contributed by atoms with van der Waals surface area (Å²) >= 11 is 0. The number of nitrogens with zero attached hydrogens (tertiary/aromatic N) is 4. The molecule has 0 radical (unpaired) electrons. The van der Waals surface area contributed by atoms with Crippen LogP contribution >= 0.6 is 0 Å². The second kappa shape index (κ2) is 9.65. The number of para-hydroxylation sites is 1. The van der Waals surface area contributed by atoms with E-state index in [-0.39, 0.29) is 4.90 Å². The fraction of sp³-hybridized carbons (Fsp3) is 0. The topological polar surface area (TPSA) is 111 Å². The van der Waals surface area contributed by atoms with Gasteiger partial charge in [-0.3, -0.25) is 9.29 Å². The Kier molecular flexibility index (Phi) is 6.10. The summed E-state index contributed by atoms with van der Waals surface area (Å²) in [5.74, 6) is 2.49. The molecule has 0 aliphatic carbocycles. The van der Waals surface area contributed by atoms with Crippen LogP contribution in [-0.2, 0) is 10.0 Å². The Bertz CT molecular complexity index is 1510. The third-order valence-electron chi connectivity index (χ3n) is 4.94. The van der Waals surface area contributed by atoms with Crippen molar-refractivity contribution in [1.82, 2.24) is 19.5 Å². The van der Waals surface area contributed by atoms with Gasteiger partial charge < -0.3 is 10.1 Å². The second-order valence-electron chi connectivity index (χ2n) is 7.43. The summed E-state index contributed by atoms with van der Waals surface area (Å²) in [5, 5.41) is 3.18. The standard InChI is InChI=1S/C25H20N6O3S/c32-35(33,23-12-10-22(11-13-23)34-21-4-2-1-3-5-21)30-20-8-6-19(7-9-20)29-24-16-25(28-17-27-24)31-15-14-26-18-31/h1-18,30H,(H,27,28,29). The number of nitrogens with one attached hydrogen (secondary N) is 2. The zero-order valence-electron chi connectivity index (χ0n) is 18.3. The number of benzene rings is 3. The average Bonchev–Trinajstić information content (AvgIpc) is 3.42. The zero-order valence-corrected chi connectivity index (χ0v) is 19.1. The van der Waals surface area contributed by atoms with Crippen LogP contribution in [0, 0.1) is 0 Å². The fourth-order valence-electron chi connectivity index (χ4n) is 3.25. The molecule has 5 aromatic rings. The van der Waals surface area contributed by atoms with E-state index in [1.54, 1.807) is 65.8 Å². The molecular weight excluding hydrogens is 464 g/mol. The van der Waals surface area contributed by atoms with E-state index in [9.17, 15) is 8.42 Å². The molecule has 2 N–H and O–H groups in total. The first kappa shape index (κ1) is 22.1. The van der Waals surface area contributed by atoms with Crippen molar-refractivity contribution in [3.63, 3.8) is 0 Å². The molecule has 5 rings (SSSR count). The molecule has 2 heterocycles. The summed E-state index contributed by atoms with van der Waals surface area (Å²) in [5.41, 5.74) is 1.17. The molecule has 0 aliphatic rings. The van der Waals surface area contributed by atoms with Crippen LogP contribution in [0.5, 0.6) is 11.5 Å². The van der Waals surface area contributed by atoms with E-state index in [1.807, 2.05) is 30.3 Å². The van der Waals surface area contributed by atoms with Gasteiger partial charge in [0.15, 0.2) is 0 Å². The molecule has 0 saturated carbocycles. The number of imidazole rings is 1. The van der Waals surface area contributed by atoms with Gasteiger partial charge in [-0.05, 0) is 60.7 Å². The molecular formula is C25H20N6O3S. The van der Waals surface area contributed by atoms with Crippen molar-refractivity contribution < 1.29 is 13.2 Å². The van der Waals surface area contributed by atoms with Gasteiger partial charge in [0, 0.05) is 29.8 Å². The van der Waals surface area contributed by atoms with Crippen molar-refractivity contribution in [2.75, 3.05) is 10.0 Å². The number of sulfonamides is 1. The Hall–Kier alpha value is -4.70. The Balaban J connectivity index is 1.24. The normalized spacial score (nSPS) is 11.1. The molecule has 0 fully saturated rings. The lowest BCUT2D eigenvalue weighted by Gasteiger charge is -2.11. The summed E-state index contributed by atoms with van der Waals surface area (Å²) in [6, 6.07) is 24.2. The Morgan fingerprint density at radius 2 is 1.51 bits per heavy atom. The average molecular weight is 485 g/mol. The first-order valence-corrected chi connectivity index (χ1v) is 12.1. The highest BCUT2D eigenvalue weighted by Crippen LogP contribution is 2.25. The molecule has 0 amide bonds. The number of rotatable bonds is 8. The summed E-state index contributed by atoms with van der Waals surface area (Å²) in [6.45, 7) is 0. The minimum Gasteiger partial charge on any atom is -0.457 e. The third-order valence-corrected chi connectivity index (χ3v) is 6.34. The molecule has 0 saturated heterocycles. The first-order chi connectivity index (χ1) is 17.0. The van der Waals surface area contributed by atoms with Crippen molar-refractivity contribution in [3.05, 3.63) is 110 Å². The second-order valence-corrected chi connectivity index (χ2v) is 9.11. The third kappa shape index (κ3) is 5.45. The maximum atomic E-state index is 12.8. The van der Waals surface area contributed by atoms with E-state index >= 15 is 0 Å². The van der Waals surface area contributed by atoms with Crippen LogP contribution in [0.15, 0.2) is 115 Å². The predicted molar refractivity (Wildman–Crippen MR) is 133 cm³/mol. The lowest BCUT2D eigenvalue weighted by Crippen LogP contribution is -2.12. The van der Waals surface area contributed by atoms with Gasteiger partial charge in [0.05, 0.1) is 4.90 Å². The lowest BCUT2D eigenvalue weighted by molar-refractivity contribution is 0.482. The van der Waals surface area contributed by atoms with Crippen molar-refractivity contribution in [2.24, 2.45) is 0 Å². The Labute approximate surface area is 202 Å². The van der Waals surface area contributed by atoms with Gasteiger partial charge in [-0.25, -0.2) is 23.4 Å². The number of anilines is 3. The maximum Gasteiger partial charge on any atom is 0.261 e. The lowest BCUT2D eigenvalue weighted by atomic mass is 10.3. The van der Waals surface area contributed by atoms with Gasteiger partial charge in [0.2, 0.25) is 0 Å². The van der Waals surface area contributed by atoms with E-state index in [4.69, 9.17) is 4.74 Å². The van der Waals surface area contributed by atoms with Gasteiger partial charge in [-0.2, -0.15) is 0 Å². The monoisotopic (exact) mass is 484 g/mol. The number of aromatic nitrogens is 4. The van der Waals surface area contributed by atoms with Crippen LogP contribution in [0.25, 0.3) is 5.82 Å². The molecule has 10 heteroatoms. The van der Waals surface area contributed by atoms with Crippen molar-refractivity contribution in [2.45, 2.75) is 4.90 Å². The highest BCUT2D eigenvalue weighted by molar-refractivity contribution is 7.92. The van der Waals surface area contributed by atoms with Crippen LogP contribution in [0.2, 0.25) is 0 Å². The molecule has 3 aromatic carbocycles. The molecule has 0 atom stereocenters. The highest BCUT2D eigenvalue weighted by Gasteiger charge is 2.14. The summed E-state index contributed by atoms with van der Waals surface area (Å²) in [7, 11) is -3.76. The van der Waals surface area contributed by atoms with Crippen LogP contribution in [0.3, 0.4) is 0 Å². The van der Waals surface area contributed by atoms with Gasteiger partial charge in [-0.1, -0.05) is 18.2 Å². The maximum absolute atomic E-state index is 12.8. The quantitative estimate of drug-likeness (QED) is 0.319. The molecule has 0 bridgehead atoms. The van der Waals surface area contributed by atoms with Crippen molar-refractivity contribution in [3.8, 4) is 17.3 Å². The van der Waals surface area contributed by atoms with Crippen LogP contribution in [0.4, 0.5) is 17.2 Å². The minimum absolute atomic E-state index is 0.133. The van der Waals surface area contributed by atoms with Crippen molar-refractivity contribution in [1.29, 1.82) is 0 Å². The van der Waals surface area contributed by atoms with Crippen LogP contribution in [0.1, 0.15) is 0 Å². The van der Waals surface area contributed by atoms with E-state index < -0.39 is 10.0 Å². The van der Waals surface area contributed by atoms with E-state index in [0.717, 1.165) is 5.69 Å². The minimum atomic E-state index is -3.76. The van der Waals surface area contributed by atoms with Gasteiger partial charge in [0.1, 0.15) is 35.8 Å². The fourth-order valence-corrected chi connectivity index (χ4v) is 4.30. The molecule has 35 heavy (non-hydrogen) atoms. The highest BCUT2D eigenvalue weighted by atomic mass is 32.2. The first-order valence-electron chi connectivity index (χ1n) is 10.6. The molecule has 174 valence electrons. The zero-order chi connectivity index (χ0) is 24.1. The molecule has 0 unspecified atom stereocenters. The Morgan fingerprint density at radius 1 is 0.800 bits per heavy atom. The SMILES string of the molecule is O=S(=O)(Nc1ccc(Nc2cc(-n3ccnc3)ncn2)cc1)c1ccc(Oc2ccccc2)cc1. The van der Waals surface area contributed by atoms with Crippen LogP contribution in [-0.4, -0.2) is 27.9 Å². The van der Waals surface area contributed by atoms with E-state index in [2.05, 4.69) is 25.0 Å². The largest absolute Gasteiger partial charge is 0.457 e. The van der Waals surface area contributed by atoms with Crippen LogP contribution < -0.4 is 14.8 Å². The molecule has 9 nitrogen and oxygen atoms in total. The Morgan fingerprint density at radius 3 is 2.23 bits per heavy atom. The molecule has 0 aliphatic heterocycles. The predicted octanol–water partition coefficient (Wildman–Crippen LogP) is 5.00. The summed E-state index contributed by atoms with van der Waals surface area (Å²) < 4.78 is 35.7. The smallest absolute Gasteiger partial charge is 0.261 e. The van der Waals surface area contributed by atoms with E-state index in [0.29, 0.717) is 28.8 Å². The van der Waals surface area contributed by atoms with Gasteiger partial charge >= 0.3 is 0 Å². The number of hydrogen-bond donors (Lipinski definition) is 2.